The molecule has 1 aliphatic rings. The highest BCUT2D eigenvalue weighted by molar-refractivity contribution is 5.94. The Kier molecular flexibility index (Phi) is 3.97. The van der Waals surface area contributed by atoms with Crippen LogP contribution < -0.4 is 10.6 Å². The Hall–Kier alpha value is -1.42. The van der Waals surface area contributed by atoms with Crippen molar-refractivity contribution in [3.05, 3.63) is 35.6 Å². The molecular weight excluding hydrogens is 231 g/mol. The van der Waals surface area contributed by atoms with Gasteiger partial charge in [0, 0.05) is 17.6 Å². The van der Waals surface area contributed by atoms with Gasteiger partial charge in [-0.25, -0.2) is 4.39 Å². The molecule has 3 atom stereocenters. The monoisotopic (exact) mass is 250 g/mol. The van der Waals surface area contributed by atoms with Gasteiger partial charge in [-0.15, -0.1) is 0 Å². The van der Waals surface area contributed by atoms with Crippen molar-refractivity contribution in [1.29, 1.82) is 0 Å². The minimum atomic E-state index is -0.384. The lowest BCUT2D eigenvalue weighted by Crippen LogP contribution is -2.55. The van der Waals surface area contributed by atoms with E-state index in [0.717, 1.165) is 13.0 Å². The third kappa shape index (κ3) is 2.88. The van der Waals surface area contributed by atoms with Crippen LogP contribution in [-0.2, 0) is 0 Å². The Balaban J connectivity index is 2.06. The van der Waals surface area contributed by atoms with Crippen molar-refractivity contribution in [2.45, 2.75) is 32.4 Å². The zero-order valence-corrected chi connectivity index (χ0v) is 10.7. The fourth-order valence-electron chi connectivity index (χ4n) is 2.47. The molecule has 1 aromatic carbocycles. The van der Waals surface area contributed by atoms with Crippen LogP contribution in [0.15, 0.2) is 24.3 Å². The highest BCUT2D eigenvalue weighted by Crippen LogP contribution is 2.17. The van der Waals surface area contributed by atoms with Crippen molar-refractivity contribution >= 4 is 5.91 Å². The first kappa shape index (κ1) is 13.0. The molecule has 1 saturated heterocycles. The maximum absolute atomic E-state index is 13.1. The first-order valence-corrected chi connectivity index (χ1v) is 6.37. The van der Waals surface area contributed by atoms with Crippen LogP contribution in [0, 0.1) is 11.7 Å². The van der Waals surface area contributed by atoms with E-state index in [0.29, 0.717) is 11.5 Å². The SMILES string of the molecule is CC1CCNC(C)C1NC(=O)c1cccc(F)c1. The lowest BCUT2D eigenvalue weighted by atomic mass is 9.89. The molecule has 1 heterocycles. The van der Waals surface area contributed by atoms with Crippen molar-refractivity contribution in [2.24, 2.45) is 5.92 Å². The number of hydrogen-bond acceptors (Lipinski definition) is 2. The molecule has 98 valence electrons. The molecule has 3 unspecified atom stereocenters. The van der Waals surface area contributed by atoms with E-state index in [4.69, 9.17) is 0 Å². The van der Waals surface area contributed by atoms with E-state index in [1.807, 2.05) is 0 Å². The molecule has 1 amide bonds. The van der Waals surface area contributed by atoms with Crippen LogP contribution >= 0.6 is 0 Å². The molecule has 0 bridgehead atoms. The molecule has 3 nitrogen and oxygen atoms in total. The number of halogens is 1. The molecule has 2 rings (SSSR count). The first-order chi connectivity index (χ1) is 8.58. The van der Waals surface area contributed by atoms with Gasteiger partial charge in [0.1, 0.15) is 5.82 Å². The van der Waals surface area contributed by atoms with E-state index in [2.05, 4.69) is 24.5 Å². The minimum absolute atomic E-state index is 0.0921. The van der Waals surface area contributed by atoms with Crippen LogP contribution in [0.25, 0.3) is 0 Å². The van der Waals surface area contributed by atoms with E-state index < -0.39 is 0 Å². The third-order valence-corrected chi connectivity index (χ3v) is 3.60. The van der Waals surface area contributed by atoms with Gasteiger partial charge in [0.05, 0.1) is 0 Å². The van der Waals surface area contributed by atoms with E-state index in [-0.39, 0.29) is 23.8 Å². The van der Waals surface area contributed by atoms with Crippen LogP contribution in [0.3, 0.4) is 0 Å². The van der Waals surface area contributed by atoms with Gasteiger partial charge in [0.2, 0.25) is 0 Å². The van der Waals surface area contributed by atoms with Gasteiger partial charge < -0.3 is 10.6 Å². The van der Waals surface area contributed by atoms with Crippen LogP contribution in [0.4, 0.5) is 4.39 Å². The molecule has 1 aliphatic heterocycles. The minimum Gasteiger partial charge on any atom is -0.347 e. The van der Waals surface area contributed by atoms with Crippen molar-refractivity contribution in [1.82, 2.24) is 10.6 Å². The maximum atomic E-state index is 13.1. The summed E-state index contributed by atoms with van der Waals surface area (Å²) in [6.07, 6.45) is 1.04. The second-order valence-electron chi connectivity index (χ2n) is 5.02. The van der Waals surface area contributed by atoms with Gasteiger partial charge in [-0.3, -0.25) is 4.79 Å². The number of hydrogen-bond donors (Lipinski definition) is 2. The van der Waals surface area contributed by atoms with Crippen LogP contribution in [0.5, 0.6) is 0 Å². The van der Waals surface area contributed by atoms with E-state index in [1.165, 1.54) is 12.1 Å². The number of amides is 1. The highest BCUT2D eigenvalue weighted by Gasteiger charge is 2.28. The predicted molar refractivity (Wildman–Crippen MR) is 68.9 cm³/mol. The van der Waals surface area contributed by atoms with Crippen LogP contribution in [0.1, 0.15) is 30.6 Å². The van der Waals surface area contributed by atoms with Crippen molar-refractivity contribution in [3.63, 3.8) is 0 Å². The van der Waals surface area contributed by atoms with E-state index in [1.54, 1.807) is 12.1 Å². The molecule has 0 radical (unpaired) electrons. The van der Waals surface area contributed by atoms with Crippen molar-refractivity contribution < 1.29 is 9.18 Å². The Bertz CT molecular complexity index is 426. The fraction of sp³-hybridized carbons (Fsp3) is 0.500. The average molecular weight is 250 g/mol. The summed E-state index contributed by atoms with van der Waals surface area (Å²) in [5.41, 5.74) is 0.375. The van der Waals surface area contributed by atoms with Crippen molar-refractivity contribution in [3.8, 4) is 0 Å². The van der Waals surface area contributed by atoms with Gasteiger partial charge in [-0.1, -0.05) is 13.0 Å². The maximum Gasteiger partial charge on any atom is 0.251 e. The van der Waals surface area contributed by atoms with Gasteiger partial charge in [-0.2, -0.15) is 0 Å². The Morgan fingerprint density at radius 2 is 2.22 bits per heavy atom. The molecule has 18 heavy (non-hydrogen) atoms. The number of carbonyl (C=O) groups excluding carboxylic acids is 1. The summed E-state index contributed by atoms with van der Waals surface area (Å²) >= 11 is 0. The lowest BCUT2D eigenvalue weighted by molar-refractivity contribution is 0.0897. The zero-order chi connectivity index (χ0) is 13.1. The van der Waals surface area contributed by atoms with Crippen molar-refractivity contribution in [2.75, 3.05) is 6.54 Å². The summed E-state index contributed by atoms with van der Waals surface area (Å²) in [7, 11) is 0. The first-order valence-electron chi connectivity index (χ1n) is 6.37. The summed E-state index contributed by atoms with van der Waals surface area (Å²) in [6, 6.07) is 6.12. The average Bonchev–Trinajstić information content (AvgIpc) is 2.34. The number of nitrogens with one attached hydrogen (secondary N) is 2. The fourth-order valence-corrected chi connectivity index (χ4v) is 2.47. The molecule has 0 aromatic heterocycles. The van der Waals surface area contributed by atoms with Gasteiger partial charge in [-0.05, 0) is 44.0 Å². The Morgan fingerprint density at radius 1 is 1.44 bits per heavy atom. The number of rotatable bonds is 2. The molecule has 0 spiro atoms. The lowest BCUT2D eigenvalue weighted by Gasteiger charge is -2.36. The summed E-state index contributed by atoms with van der Waals surface area (Å²) in [5.74, 6) is -0.161. The van der Waals surface area contributed by atoms with Crippen LogP contribution in [-0.4, -0.2) is 24.5 Å². The smallest absolute Gasteiger partial charge is 0.251 e. The van der Waals surface area contributed by atoms with Gasteiger partial charge in [0.15, 0.2) is 0 Å². The normalized spacial score (nSPS) is 27.8. The second kappa shape index (κ2) is 5.48. The summed E-state index contributed by atoms with van der Waals surface area (Å²) in [5, 5.41) is 6.34. The predicted octanol–water partition coefficient (Wildman–Crippen LogP) is 1.94. The molecule has 0 saturated carbocycles. The highest BCUT2D eigenvalue weighted by atomic mass is 19.1. The quantitative estimate of drug-likeness (QED) is 0.842. The third-order valence-electron chi connectivity index (χ3n) is 3.60. The summed E-state index contributed by atoms with van der Waals surface area (Å²) in [4.78, 5) is 12.1. The molecule has 1 fully saturated rings. The van der Waals surface area contributed by atoms with Crippen LogP contribution in [0.2, 0.25) is 0 Å². The standard InChI is InChI=1S/C14H19FN2O/c1-9-6-7-16-10(2)13(9)17-14(18)11-4-3-5-12(15)8-11/h3-5,8-10,13,16H,6-7H2,1-2H3,(H,17,18). The largest absolute Gasteiger partial charge is 0.347 e. The Labute approximate surface area is 107 Å². The second-order valence-corrected chi connectivity index (χ2v) is 5.02. The molecule has 2 N–H and O–H groups in total. The Morgan fingerprint density at radius 3 is 2.89 bits per heavy atom. The number of benzene rings is 1. The van der Waals surface area contributed by atoms with E-state index in [9.17, 15) is 9.18 Å². The van der Waals surface area contributed by atoms with E-state index >= 15 is 0 Å². The number of piperidine rings is 1. The number of carbonyl (C=O) groups is 1. The molecule has 0 aliphatic carbocycles. The van der Waals surface area contributed by atoms with Gasteiger partial charge in [0.25, 0.3) is 5.91 Å². The zero-order valence-electron chi connectivity index (χ0n) is 10.7. The topological polar surface area (TPSA) is 41.1 Å². The van der Waals surface area contributed by atoms with Gasteiger partial charge >= 0.3 is 0 Å². The summed E-state index contributed by atoms with van der Waals surface area (Å²) in [6.45, 7) is 5.18. The summed E-state index contributed by atoms with van der Waals surface area (Å²) < 4.78 is 13.1. The molecule has 1 aromatic rings. The molecule has 4 heteroatoms. The molecular formula is C14H19FN2O.